The molecular formula is C5H14N2Si. The van der Waals surface area contributed by atoms with Crippen molar-refractivity contribution in [2.45, 2.75) is 12.5 Å². The number of rotatable bonds is 0. The van der Waals surface area contributed by atoms with Gasteiger partial charge in [-0.2, -0.15) is 0 Å². The Balaban J connectivity index is 2.00. The third-order valence-corrected chi connectivity index (χ3v) is 3.00. The molecule has 0 aromatic rings. The van der Waals surface area contributed by atoms with Crippen LogP contribution in [0, 0.1) is 0 Å². The van der Waals surface area contributed by atoms with E-state index in [0.29, 0.717) is 0 Å². The van der Waals surface area contributed by atoms with Gasteiger partial charge in [-0.3, -0.25) is 0 Å². The van der Waals surface area contributed by atoms with E-state index in [0.717, 1.165) is 0 Å². The van der Waals surface area contributed by atoms with Gasteiger partial charge in [0.2, 0.25) is 0 Å². The molecule has 0 saturated carbocycles. The molecule has 0 spiro atoms. The maximum absolute atomic E-state index is 3.46. The van der Waals surface area contributed by atoms with Crippen molar-refractivity contribution in [2.75, 3.05) is 19.6 Å². The molecule has 0 aromatic carbocycles. The van der Waals surface area contributed by atoms with Crippen LogP contribution in [-0.4, -0.2) is 29.3 Å². The normalized spacial score (nSPS) is 27.0. The fraction of sp³-hybridized carbons (Fsp3) is 1.00. The summed E-state index contributed by atoms with van der Waals surface area (Å²) in [5.41, 5.74) is 0. The molecule has 0 amide bonds. The lowest BCUT2D eigenvalue weighted by molar-refractivity contribution is 0.645. The van der Waals surface area contributed by atoms with E-state index in [1.54, 1.807) is 0 Å². The van der Waals surface area contributed by atoms with Gasteiger partial charge in [-0.15, -0.1) is 0 Å². The molecule has 1 fully saturated rings. The van der Waals surface area contributed by atoms with Crippen molar-refractivity contribution in [3.63, 3.8) is 0 Å². The average Bonchev–Trinajstić information content (AvgIpc) is 1.62. The Labute approximate surface area is 52.9 Å². The van der Waals surface area contributed by atoms with Crippen LogP contribution in [0.2, 0.25) is 6.04 Å². The molecule has 1 aliphatic heterocycles. The quantitative estimate of drug-likeness (QED) is 0.414. The molecule has 1 aliphatic rings. The smallest absolute Gasteiger partial charge is 0.0917 e. The zero-order chi connectivity index (χ0) is 5.66. The van der Waals surface area contributed by atoms with E-state index in [9.17, 15) is 0 Å². The fourth-order valence-electron chi connectivity index (χ4n) is 0.927. The van der Waals surface area contributed by atoms with Crippen LogP contribution in [-0.2, 0) is 0 Å². The SMILES string of the molecule is C1CNCCN[SiH2]C1. The summed E-state index contributed by atoms with van der Waals surface area (Å²) < 4.78 is 0. The topological polar surface area (TPSA) is 24.1 Å². The molecule has 0 unspecified atom stereocenters. The first-order valence-electron chi connectivity index (χ1n) is 3.41. The maximum Gasteiger partial charge on any atom is 0.0917 e. The van der Waals surface area contributed by atoms with Gasteiger partial charge in [0.25, 0.3) is 0 Å². The summed E-state index contributed by atoms with van der Waals surface area (Å²) >= 11 is 0. The minimum atomic E-state index is 0.162. The molecular weight excluding hydrogens is 116 g/mol. The van der Waals surface area contributed by atoms with Gasteiger partial charge in [0.1, 0.15) is 0 Å². The number of nitrogens with one attached hydrogen (secondary N) is 2. The summed E-state index contributed by atoms with van der Waals surface area (Å²) in [7, 11) is 0.162. The van der Waals surface area contributed by atoms with E-state index < -0.39 is 0 Å². The zero-order valence-electron chi connectivity index (χ0n) is 5.24. The standard InChI is InChI=1S/C5H14N2Si/c1-2-6-3-4-7-8-5-1/h6-7H,1-5,8H2. The molecule has 2 nitrogen and oxygen atoms in total. The molecule has 0 aliphatic carbocycles. The van der Waals surface area contributed by atoms with Gasteiger partial charge in [0.05, 0.1) is 9.68 Å². The van der Waals surface area contributed by atoms with Gasteiger partial charge in [0.15, 0.2) is 0 Å². The molecule has 2 N–H and O–H groups in total. The van der Waals surface area contributed by atoms with Crippen LogP contribution < -0.4 is 10.3 Å². The molecule has 48 valence electrons. The molecule has 1 heterocycles. The first-order chi connectivity index (χ1) is 4.00. The van der Waals surface area contributed by atoms with E-state index in [1.807, 2.05) is 0 Å². The zero-order valence-corrected chi connectivity index (χ0v) is 6.66. The maximum atomic E-state index is 3.46. The molecule has 0 bridgehead atoms. The summed E-state index contributed by atoms with van der Waals surface area (Å²) in [5.74, 6) is 0. The molecule has 3 heteroatoms. The summed E-state index contributed by atoms with van der Waals surface area (Å²) in [5, 5.41) is 3.35. The Hall–Kier alpha value is 0.137. The van der Waals surface area contributed by atoms with Crippen molar-refractivity contribution in [3.8, 4) is 0 Å². The summed E-state index contributed by atoms with van der Waals surface area (Å²) in [6, 6.07) is 1.47. The Kier molecular flexibility index (Phi) is 3.18. The van der Waals surface area contributed by atoms with Gasteiger partial charge >= 0.3 is 0 Å². The van der Waals surface area contributed by atoms with Crippen molar-refractivity contribution in [1.82, 2.24) is 10.3 Å². The highest BCUT2D eigenvalue weighted by Gasteiger charge is 1.93. The van der Waals surface area contributed by atoms with Crippen LogP contribution >= 0.6 is 0 Å². The largest absolute Gasteiger partial charge is 0.341 e. The lowest BCUT2D eigenvalue weighted by atomic mass is 10.4. The van der Waals surface area contributed by atoms with Crippen molar-refractivity contribution in [1.29, 1.82) is 0 Å². The molecule has 0 atom stereocenters. The molecule has 0 aromatic heterocycles. The van der Waals surface area contributed by atoms with Crippen molar-refractivity contribution in [3.05, 3.63) is 0 Å². The summed E-state index contributed by atoms with van der Waals surface area (Å²) in [4.78, 5) is 3.46. The minimum absolute atomic E-state index is 0.162. The van der Waals surface area contributed by atoms with Crippen LogP contribution in [0.1, 0.15) is 6.42 Å². The molecule has 1 saturated heterocycles. The average molecular weight is 130 g/mol. The predicted molar refractivity (Wildman–Crippen MR) is 38.8 cm³/mol. The third-order valence-electron chi connectivity index (χ3n) is 1.44. The van der Waals surface area contributed by atoms with Gasteiger partial charge in [-0.1, -0.05) is 0 Å². The van der Waals surface area contributed by atoms with Gasteiger partial charge in [0, 0.05) is 13.1 Å². The monoisotopic (exact) mass is 130 g/mol. The molecule has 8 heavy (non-hydrogen) atoms. The van der Waals surface area contributed by atoms with Crippen LogP contribution in [0.15, 0.2) is 0 Å². The Morgan fingerprint density at radius 1 is 1.12 bits per heavy atom. The number of hydrogen-bond acceptors (Lipinski definition) is 2. The van der Waals surface area contributed by atoms with Crippen molar-refractivity contribution >= 4 is 9.68 Å². The third kappa shape index (κ3) is 2.45. The first-order valence-corrected chi connectivity index (χ1v) is 5.12. The Morgan fingerprint density at radius 2 is 2.12 bits per heavy atom. The van der Waals surface area contributed by atoms with E-state index in [4.69, 9.17) is 0 Å². The van der Waals surface area contributed by atoms with E-state index in [1.165, 1.54) is 32.1 Å². The highest BCUT2D eigenvalue weighted by molar-refractivity contribution is 6.32. The summed E-state index contributed by atoms with van der Waals surface area (Å²) in [6.45, 7) is 3.62. The van der Waals surface area contributed by atoms with E-state index >= 15 is 0 Å². The van der Waals surface area contributed by atoms with Crippen LogP contribution in [0.4, 0.5) is 0 Å². The van der Waals surface area contributed by atoms with Crippen molar-refractivity contribution in [2.24, 2.45) is 0 Å². The highest BCUT2D eigenvalue weighted by atomic mass is 28.2. The highest BCUT2D eigenvalue weighted by Crippen LogP contribution is 1.85. The second-order valence-corrected chi connectivity index (χ2v) is 3.91. The predicted octanol–water partition coefficient (Wildman–Crippen LogP) is -0.929. The lowest BCUT2D eigenvalue weighted by Gasteiger charge is -2.09. The van der Waals surface area contributed by atoms with Crippen LogP contribution in [0.25, 0.3) is 0 Å². The van der Waals surface area contributed by atoms with E-state index in [-0.39, 0.29) is 9.68 Å². The van der Waals surface area contributed by atoms with Crippen LogP contribution in [0.5, 0.6) is 0 Å². The lowest BCUT2D eigenvalue weighted by Crippen LogP contribution is -2.33. The second-order valence-electron chi connectivity index (χ2n) is 2.21. The Morgan fingerprint density at radius 3 is 3.12 bits per heavy atom. The molecule has 1 rings (SSSR count). The van der Waals surface area contributed by atoms with Gasteiger partial charge in [-0.25, -0.2) is 0 Å². The van der Waals surface area contributed by atoms with Crippen molar-refractivity contribution < 1.29 is 0 Å². The first kappa shape index (κ1) is 6.26. The van der Waals surface area contributed by atoms with Crippen LogP contribution in [0.3, 0.4) is 0 Å². The summed E-state index contributed by atoms with van der Waals surface area (Å²) in [6.07, 6.45) is 1.39. The van der Waals surface area contributed by atoms with Gasteiger partial charge < -0.3 is 10.3 Å². The fourth-order valence-corrected chi connectivity index (χ4v) is 2.10. The van der Waals surface area contributed by atoms with E-state index in [2.05, 4.69) is 10.3 Å². The minimum Gasteiger partial charge on any atom is -0.341 e. The second kappa shape index (κ2) is 4.06. The molecule has 0 radical (unpaired) electrons. The Bertz CT molecular complexity index is 34.4. The number of hydrogen-bond donors (Lipinski definition) is 2. The van der Waals surface area contributed by atoms with Gasteiger partial charge in [-0.05, 0) is 19.0 Å².